The maximum atomic E-state index is 13.2. The fraction of sp³-hybridized carbons (Fsp3) is 0.269. The SMILES string of the molecule is CCN1c2ccc(C(=O)c3ccccc3C)cc2C2C=C(/C(C)=N/OC(C)=O)C=CC21. The lowest BCUT2D eigenvalue weighted by molar-refractivity contribution is -0.140. The molecule has 2 atom stereocenters. The van der Waals surface area contributed by atoms with E-state index in [1.807, 2.05) is 56.3 Å². The van der Waals surface area contributed by atoms with Crippen LogP contribution in [0.5, 0.6) is 0 Å². The Morgan fingerprint density at radius 1 is 1.13 bits per heavy atom. The first-order valence-electron chi connectivity index (χ1n) is 10.5. The molecule has 0 N–H and O–H groups in total. The minimum atomic E-state index is -0.444. The van der Waals surface area contributed by atoms with Gasteiger partial charge in [0.25, 0.3) is 0 Å². The van der Waals surface area contributed by atoms with Crippen LogP contribution in [0.2, 0.25) is 0 Å². The average molecular weight is 415 g/mol. The van der Waals surface area contributed by atoms with Gasteiger partial charge in [0.2, 0.25) is 0 Å². The smallest absolute Gasteiger partial charge is 0.331 e. The summed E-state index contributed by atoms with van der Waals surface area (Å²) in [5, 5.41) is 3.93. The normalized spacial score (nSPS) is 19.5. The number of anilines is 1. The molecule has 0 amide bonds. The van der Waals surface area contributed by atoms with Crippen molar-refractivity contribution in [3.63, 3.8) is 0 Å². The van der Waals surface area contributed by atoms with Gasteiger partial charge in [0, 0.05) is 36.2 Å². The summed E-state index contributed by atoms with van der Waals surface area (Å²) in [6.45, 7) is 8.12. The predicted octanol–water partition coefficient (Wildman–Crippen LogP) is 4.95. The molecule has 31 heavy (non-hydrogen) atoms. The largest absolute Gasteiger partial charge is 0.364 e. The summed E-state index contributed by atoms with van der Waals surface area (Å²) < 4.78 is 0. The van der Waals surface area contributed by atoms with E-state index in [4.69, 9.17) is 4.84 Å². The van der Waals surface area contributed by atoms with Crippen LogP contribution in [-0.2, 0) is 9.63 Å². The predicted molar refractivity (Wildman–Crippen MR) is 123 cm³/mol. The number of fused-ring (bicyclic) bond motifs is 3. The standard InChI is InChI=1S/C26H26N2O3/c1-5-28-24-12-10-19(17(3)27-31-18(4)29)14-22(24)23-15-20(11-13-25(23)28)26(30)21-9-7-6-8-16(21)2/h6-15,22,24H,5H2,1-4H3/b27-17+. The second kappa shape index (κ2) is 8.34. The van der Waals surface area contributed by atoms with Crippen LogP contribution in [0.1, 0.15) is 53.7 Å². The van der Waals surface area contributed by atoms with Gasteiger partial charge >= 0.3 is 5.97 Å². The summed E-state index contributed by atoms with van der Waals surface area (Å²) in [5.41, 5.74) is 6.24. The van der Waals surface area contributed by atoms with Gasteiger partial charge < -0.3 is 9.74 Å². The maximum absolute atomic E-state index is 13.2. The zero-order chi connectivity index (χ0) is 22.1. The second-order valence-electron chi connectivity index (χ2n) is 7.96. The van der Waals surface area contributed by atoms with Gasteiger partial charge in [-0.1, -0.05) is 47.6 Å². The first-order valence-corrected chi connectivity index (χ1v) is 10.5. The number of carbonyl (C=O) groups is 2. The first kappa shape index (κ1) is 20.8. The van der Waals surface area contributed by atoms with Crippen LogP contribution in [0.15, 0.2) is 71.4 Å². The summed E-state index contributed by atoms with van der Waals surface area (Å²) >= 11 is 0. The molecule has 0 fully saturated rings. The number of likely N-dealkylation sites (N-methyl/N-ethyl adjacent to an activating group) is 1. The van der Waals surface area contributed by atoms with Crippen molar-refractivity contribution in [3.8, 4) is 0 Å². The van der Waals surface area contributed by atoms with E-state index in [-0.39, 0.29) is 17.7 Å². The number of ketones is 1. The molecule has 0 spiro atoms. The van der Waals surface area contributed by atoms with Crippen LogP contribution < -0.4 is 4.90 Å². The van der Waals surface area contributed by atoms with Gasteiger partial charge in [-0.3, -0.25) is 4.79 Å². The van der Waals surface area contributed by atoms with Gasteiger partial charge in [-0.15, -0.1) is 0 Å². The van der Waals surface area contributed by atoms with Crippen molar-refractivity contribution in [1.29, 1.82) is 0 Å². The molecule has 2 aliphatic rings. The van der Waals surface area contributed by atoms with Crippen LogP contribution in [0.25, 0.3) is 0 Å². The lowest BCUT2D eigenvalue weighted by atomic mass is 9.86. The Balaban J connectivity index is 1.73. The molecule has 5 heteroatoms. The fourth-order valence-corrected chi connectivity index (χ4v) is 4.42. The molecule has 1 heterocycles. The summed E-state index contributed by atoms with van der Waals surface area (Å²) in [7, 11) is 0. The van der Waals surface area contributed by atoms with Crippen LogP contribution in [0.4, 0.5) is 5.69 Å². The van der Waals surface area contributed by atoms with Gasteiger partial charge in [0.05, 0.1) is 11.8 Å². The molecule has 4 rings (SSSR count). The zero-order valence-electron chi connectivity index (χ0n) is 18.3. The minimum absolute atomic E-state index is 0.0376. The minimum Gasteiger partial charge on any atom is -0.364 e. The number of nitrogens with zero attached hydrogens (tertiary/aromatic N) is 2. The van der Waals surface area contributed by atoms with E-state index < -0.39 is 5.97 Å². The molecule has 0 saturated heterocycles. The van der Waals surface area contributed by atoms with Crippen LogP contribution in [0, 0.1) is 6.92 Å². The molecule has 158 valence electrons. The molecule has 0 radical (unpaired) electrons. The van der Waals surface area contributed by atoms with E-state index in [1.165, 1.54) is 6.92 Å². The van der Waals surface area contributed by atoms with Gasteiger partial charge in [-0.2, -0.15) is 0 Å². The fourth-order valence-electron chi connectivity index (χ4n) is 4.42. The third-order valence-electron chi connectivity index (χ3n) is 5.98. The van der Waals surface area contributed by atoms with Crippen molar-refractivity contribution in [3.05, 3.63) is 88.5 Å². The Morgan fingerprint density at radius 2 is 1.90 bits per heavy atom. The summed E-state index contributed by atoms with van der Waals surface area (Å²) in [5.74, 6) is -0.307. The molecule has 0 bridgehead atoms. The number of hydrogen-bond acceptors (Lipinski definition) is 5. The molecular formula is C26H26N2O3. The third kappa shape index (κ3) is 3.83. The van der Waals surface area contributed by atoms with Crippen LogP contribution in [-0.4, -0.2) is 30.1 Å². The van der Waals surface area contributed by atoms with E-state index in [1.54, 1.807) is 0 Å². The highest BCUT2D eigenvalue weighted by molar-refractivity contribution is 6.10. The summed E-state index contributed by atoms with van der Waals surface area (Å²) in [4.78, 5) is 31.4. The number of aryl methyl sites for hydroxylation is 1. The van der Waals surface area contributed by atoms with Gasteiger partial charge in [-0.05, 0) is 55.7 Å². The maximum Gasteiger partial charge on any atom is 0.331 e. The van der Waals surface area contributed by atoms with Crippen molar-refractivity contribution in [2.24, 2.45) is 5.16 Å². The topological polar surface area (TPSA) is 59.0 Å². The Labute approximate surface area is 182 Å². The van der Waals surface area contributed by atoms with E-state index in [2.05, 4.69) is 35.2 Å². The van der Waals surface area contributed by atoms with Gasteiger partial charge in [-0.25, -0.2) is 4.79 Å². The molecule has 2 aromatic rings. The van der Waals surface area contributed by atoms with Crippen molar-refractivity contribution < 1.29 is 14.4 Å². The monoisotopic (exact) mass is 414 g/mol. The van der Waals surface area contributed by atoms with Crippen molar-refractivity contribution >= 4 is 23.2 Å². The van der Waals surface area contributed by atoms with Gasteiger partial charge in [0.15, 0.2) is 5.78 Å². The van der Waals surface area contributed by atoms with Gasteiger partial charge in [0.1, 0.15) is 0 Å². The number of allylic oxidation sites excluding steroid dienone is 2. The average Bonchev–Trinajstić information content (AvgIpc) is 3.09. The molecule has 0 aromatic heterocycles. The Morgan fingerprint density at radius 3 is 2.61 bits per heavy atom. The van der Waals surface area contributed by atoms with Crippen LogP contribution >= 0.6 is 0 Å². The Kier molecular flexibility index (Phi) is 5.59. The molecule has 1 aliphatic carbocycles. The van der Waals surface area contributed by atoms with Crippen molar-refractivity contribution in [2.75, 3.05) is 11.4 Å². The Bertz CT molecular complexity index is 1140. The van der Waals surface area contributed by atoms with E-state index >= 15 is 0 Å². The van der Waals surface area contributed by atoms with E-state index in [9.17, 15) is 9.59 Å². The summed E-state index contributed by atoms with van der Waals surface area (Å²) in [6.07, 6.45) is 6.35. The second-order valence-corrected chi connectivity index (χ2v) is 7.96. The summed E-state index contributed by atoms with van der Waals surface area (Å²) in [6, 6.07) is 13.9. The molecule has 2 unspecified atom stereocenters. The first-order chi connectivity index (χ1) is 14.9. The Hall–Kier alpha value is -3.47. The van der Waals surface area contributed by atoms with Crippen molar-refractivity contribution in [2.45, 2.75) is 39.7 Å². The lowest BCUT2D eigenvalue weighted by Crippen LogP contribution is -2.33. The number of carbonyl (C=O) groups excluding carboxylic acids is 2. The number of benzene rings is 2. The molecule has 0 saturated carbocycles. The zero-order valence-corrected chi connectivity index (χ0v) is 18.3. The quantitative estimate of drug-likeness (QED) is 0.301. The third-order valence-corrected chi connectivity index (χ3v) is 5.98. The molecular weight excluding hydrogens is 388 g/mol. The lowest BCUT2D eigenvalue weighted by Gasteiger charge is -2.28. The van der Waals surface area contributed by atoms with E-state index in [0.29, 0.717) is 11.3 Å². The highest BCUT2D eigenvalue weighted by Crippen LogP contribution is 2.45. The molecule has 1 aliphatic heterocycles. The van der Waals surface area contributed by atoms with Crippen LogP contribution in [0.3, 0.4) is 0 Å². The molecule has 5 nitrogen and oxygen atoms in total. The number of oxime groups is 1. The number of rotatable bonds is 5. The molecule has 2 aromatic carbocycles. The highest BCUT2D eigenvalue weighted by Gasteiger charge is 2.37. The highest BCUT2D eigenvalue weighted by atomic mass is 16.7. The van der Waals surface area contributed by atoms with Crippen molar-refractivity contribution in [1.82, 2.24) is 0 Å². The number of hydrogen-bond donors (Lipinski definition) is 0. The van der Waals surface area contributed by atoms with E-state index in [0.717, 1.165) is 34.5 Å².